The van der Waals surface area contributed by atoms with Crippen molar-refractivity contribution in [3.05, 3.63) is 47.0 Å². The van der Waals surface area contributed by atoms with Gasteiger partial charge in [-0.2, -0.15) is 0 Å². The Morgan fingerprint density at radius 2 is 1.90 bits per heavy atom. The third kappa shape index (κ3) is 5.64. The van der Waals surface area contributed by atoms with Gasteiger partial charge in [0, 0.05) is 46.1 Å². The number of aromatic nitrogens is 3. The standard InChI is InChI=1S/C22H33N5O2/c1-16(2)19-7-5-18(6-8-19)15-26-11-9-20-24-25-22(27(20)13-12-26)17(3)23-21(28)10-14-29-4/h5-8,16-17H,9-15H2,1-4H3,(H,23,28)/t17-/m0/s1. The van der Waals surface area contributed by atoms with Gasteiger partial charge in [0.2, 0.25) is 5.91 Å². The molecule has 0 radical (unpaired) electrons. The number of methoxy groups -OCH3 is 1. The molecule has 0 aliphatic carbocycles. The average molecular weight is 400 g/mol. The third-order valence-corrected chi connectivity index (χ3v) is 5.50. The number of hydrogen-bond donors (Lipinski definition) is 1. The van der Waals surface area contributed by atoms with E-state index in [1.807, 2.05) is 6.92 Å². The van der Waals surface area contributed by atoms with E-state index in [2.05, 4.69) is 63.1 Å². The predicted octanol–water partition coefficient (Wildman–Crippen LogP) is 2.67. The van der Waals surface area contributed by atoms with E-state index in [0.29, 0.717) is 18.9 Å². The van der Waals surface area contributed by atoms with E-state index >= 15 is 0 Å². The molecule has 1 N–H and O–H groups in total. The Hall–Kier alpha value is -2.25. The van der Waals surface area contributed by atoms with Crippen LogP contribution in [-0.2, 0) is 29.0 Å². The molecule has 7 heteroatoms. The van der Waals surface area contributed by atoms with Gasteiger partial charge in [-0.05, 0) is 24.0 Å². The minimum atomic E-state index is -0.171. The summed E-state index contributed by atoms with van der Waals surface area (Å²) in [6.45, 7) is 10.5. The van der Waals surface area contributed by atoms with Gasteiger partial charge in [0.15, 0.2) is 5.82 Å². The summed E-state index contributed by atoms with van der Waals surface area (Å²) in [7, 11) is 1.60. The van der Waals surface area contributed by atoms with E-state index in [0.717, 1.165) is 44.2 Å². The zero-order chi connectivity index (χ0) is 20.8. The molecule has 2 heterocycles. The van der Waals surface area contributed by atoms with Crippen LogP contribution in [0.1, 0.15) is 61.9 Å². The summed E-state index contributed by atoms with van der Waals surface area (Å²) >= 11 is 0. The molecule has 2 aromatic rings. The monoisotopic (exact) mass is 399 g/mol. The summed E-state index contributed by atoms with van der Waals surface area (Å²) in [5.74, 6) is 2.35. The van der Waals surface area contributed by atoms with Gasteiger partial charge in [-0.25, -0.2) is 0 Å². The molecule has 1 aromatic carbocycles. The van der Waals surface area contributed by atoms with Crippen LogP contribution < -0.4 is 5.32 Å². The summed E-state index contributed by atoms with van der Waals surface area (Å²) in [5, 5.41) is 11.7. The minimum Gasteiger partial charge on any atom is -0.384 e. The van der Waals surface area contributed by atoms with Crippen LogP contribution in [0.25, 0.3) is 0 Å². The smallest absolute Gasteiger partial charge is 0.222 e. The number of amides is 1. The minimum absolute atomic E-state index is 0.0307. The fourth-order valence-electron chi connectivity index (χ4n) is 3.71. The number of nitrogens with one attached hydrogen (secondary N) is 1. The fourth-order valence-corrected chi connectivity index (χ4v) is 3.71. The van der Waals surface area contributed by atoms with E-state index in [9.17, 15) is 4.79 Å². The lowest BCUT2D eigenvalue weighted by atomic mass is 10.0. The fraction of sp³-hybridized carbons (Fsp3) is 0.591. The molecule has 0 bridgehead atoms. The third-order valence-electron chi connectivity index (χ3n) is 5.50. The van der Waals surface area contributed by atoms with Gasteiger partial charge < -0.3 is 14.6 Å². The number of ether oxygens (including phenoxy) is 1. The van der Waals surface area contributed by atoms with E-state index in [4.69, 9.17) is 4.74 Å². The van der Waals surface area contributed by atoms with Crippen LogP contribution in [-0.4, -0.2) is 52.4 Å². The molecule has 0 saturated carbocycles. The van der Waals surface area contributed by atoms with Crippen molar-refractivity contribution in [1.29, 1.82) is 0 Å². The first-order valence-corrected chi connectivity index (χ1v) is 10.5. The zero-order valence-corrected chi connectivity index (χ0v) is 18.0. The number of nitrogens with zero attached hydrogens (tertiary/aromatic N) is 4. The molecule has 0 unspecified atom stereocenters. The average Bonchev–Trinajstić information content (AvgIpc) is 3.01. The Balaban J connectivity index is 1.59. The molecule has 29 heavy (non-hydrogen) atoms. The van der Waals surface area contributed by atoms with Crippen molar-refractivity contribution in [2.75, 3.05) is 26.8 Å². The Kier molecular flexibility index (Phi) is 7.39. The number of carbonyl (C=O) groups excluding carboxylic acids is 1. The molecule has 0 fully saturated rings. The Morgan fingerprint density at radius 3 is 2.59 bits per heavy atom. The molecule has 1 atom stereocenters. The maximum atomic E-state index is 12.0. The SMILES string of the molecule is COCCC(=O)N[C@@H](C)c1nnc2n1CCN(Cc1ccc(C(C)C)cc1)CC2. The number of hydrogen-bond acceptors (Lipinski definition) is 5. The van der Waals surface area contributed by atoms with Crippen molar-refractivity contribution in [2.24, 2.45) is 0 Å². The Bertz CT molecular complexity index is 800. The van der Waals surface area contributed by atoms with E-state index in [1.165, 1.54) is 11.1 Å². The van der Waals surface area contributed by atoms with Gasteiger partial charge in [0.25, 0.3) is 0 Å². The summed E-state index contributed by atoms with van der Waals surface area (Å²) in [6, 6.07) is 8.78. The molecule has 158 valence electrons. The lowest BCUT2D eigenvalue weighted by molar-refractivity contribution is -0.122. The first-order valence-electron chi connectivity index (χ1n) is 10.5. The normalized spacial score (nSPS) is 15.8. The summed E-state index contributed by atoms with van der Waals surface area (Å²) in [6.07, 6.45) is 1.21. The topological polar surface area (TPSA) is 72.3 Å². The van der Waals surface area contributed by atoms with Crippen molar-refractivity contribution in [3.8, 4) is 0 Å². The van der Waals surface area contributed by atoms with Crippen LogP contribution in [0.5, 0.6) is 0 Å². The van der Waals surface area contributed by atoms with Crippen LogP contribution in [0.2, 0.25) is 0 Å². The maximum Gasteiger partial charge on any atom is 0.222 e. The molecular formula is C22H33N5O2. The van der Waals surface area contributed by atoms with Crippen molar-refractivity contribution < 1.29 is 9.53 Å². The number of benzene rings is 1. The number of carbonyl (C=O) groups is 1. The molecule has 1 aromatic heterocycles. The maximum absolute atomic E-state index is 12.0. The Labute approximate surface area is 173 Å². The Morgan fingerprint density at radius 1 is 1.14 bits per heavy atom. The van der Waals surface area contributed by atoms with Gasteiger partial charge in [0.05, 0.1) is 12.6 Å². The highest BCUT2D eigenvalue weighted by atomic mass is 16.5. The van der Waals surface area contributed by atoms with Crippen molar-refractivity contribution in [1.82, 2.24) is 25.0 Å². The lowest BCUT2D eigenvalue weighted by Gasteiger charge is -2.20. The highest BCUT2D eigenvalue weighted by molar-refractivity contribution is 5.76. The van der Waals surface area contributed by atoms with Gasteiger partial charge in [0.1, 0.15) is 5.82 Å². The van der Waals surface area contributed by atoms with E-state index in [-0.39, 0.29) is 11.9 Å². The molecule has 7 nitrogen and oxygen atoms in total. The summed E-state index contributed by atoms with van der Waals surface area (Å²) < 4.78 is 7.14. The van der Waals surface area contributed by atoms with Crippen molar-refractivity contribution >= 4 is 5.91 Å². The van der Waals surface area contributed by atoms with Gasteiger partial charge in [-0.3, -0.25) is 9.69 Å². The number of rotatable bonds is 8. The van der Waals surface area contributed by atoms with E-state index < -0.39 is 0 Å². The summed E-state index contributed by atoms with van der Waals surface area (Å²) in [4.78, 5) is 14.5. The van der Waals surface area contributed by atoms with Crippen molar-refractivity contribution in [2.45, 2.75) is 58.7 Å². The molecular weight excluding hydrogens is 366 g/mol. The number of fused-ring (bicyclic) bond motifs is 1. The molecule has 3 rings (SSSR count). The van der Waals surface area contributed by atoms with Crippen LogP contribution in [0.15, 0.2) is 24.3 Å². The quantitative estimate of drug-likeness (QED) is 0.739. The van der Waals surface area contributed by atoms with Crippen LogP contribution >= 0.6 is 0 Å². The first kappa shape index (κ1) is 21.5. The second-order valence-electron chi connectivity index (χ2n) is 8.08. The second kappa shape index (κ2) is 9.98. The highest BCUT2D eigenvalue weighted by Crippen LogP contribution is 2.18. The molecule has 0 saturated heterocycles. The molecule has 1 aliphatic rings. The largest absolute Gasteiger partial charge is 0.384 e. The van der Waals surface area contributed by atoms with Gasteiger partial charge >= 0.3 is 0 Å². The second-order valence-corrected chi connectivity index (χ2v) is 8.08. The van der Waals surface area contributed by atoms with Crippen molar-refractivity contribution in [3.63, 3.8) is 0 Å². The highest BCUT2D eigenvalue weighted by Gasteiger charge is 2.22. The molecule has 0 spiro atoms. The first-order chi connectivity index (χ1) is 14.0. The predicted molar refractivity (Wildman–Crippen MR) is 113 cm³/mol. The van der Waals surface area contributed by atoms with Gasteiger partial charge in [-0.15, -0.1) is 10.2 Å². The van der Waals surface area contributed by atoms with E-state index in [1.54, 1.807) is 7.11 Å². The van der Waals surface area contributed by atoms with Gasteiger partial charge in [-0.1, -0.05) is 38.1 Å². The zero-order valence-electron chi connectivity index (χ0n) is 18.0. The molecule has 1 aliphatic heterocycles. The summed E-state index contributed by atoms with van der Waals surface area (Å²) in [5.41, 5.74) is 2.72. The van der Waals surface area contributed by atoms with Crippen LogP contribution in [0, 0.1) is 0 Å². The van der Waals surface area contributed by atoms with Crippen LogP contribution in [0.3, 0.4) is 0 Å². The molecule has 1 amide bonds. The van der Waals surface area contributed by atoms with Crippen LogP contribution in [0.4, 0.5) is 0 Å². The lowest BCUT2D eigenvalue weighted by Crippen LogP contribution is -2.30.